The summed E-state index contributed by atoms with van der Waals surface area (Å²) < 4.78 is 0. The average Bonchev–Trinajstić information content (AvgIpc) is 2.92. The molecular weight excluding hydrogens is 324 g/mol. The van der Waals surface area contributed by atoms with Crippen molar-refractivity contribution < 1.29 is 9.59 Å². The Bertz CT molecular complexity index is 678. The molecule has 4 heteroatoms. The Labute approximate surface area is 157 Å². The number of likely N-dealkylation sites (tertiary alicyclic amines) is 1. The van der Waals surface area contributed by atoms with Gasteiger partial charge in [-0.2, -0.15) is 0 Å². The summed E-state index contributed by atoms with van der Waals surface area (Å²) in [5.41, 5.74) is 1.60. The molecular formula is C22H32N2O2. The van der Waals surface area contributed by atoms with E-state index in [0.29, 0.717) is 18.4 Å². The molecule has 3 rings (SSSR count). The maximum absolute atomic E-state index is 12.9. The number of benzene rings is 1. The number of carbonyl (C=O) groups excluding carboxylic acids is 2. The van der Waals surface area contributed by atoms with Crippen LogP contribution < -0.4 is 5.32 Å². The number of nitrogens with zero attached hydrogens (tertiary/aromatic N) is 1. The fourth-order valence-electron chi connectivity index (χ4n) is 4.30. The highest BCUT2D eigenvalue weighted by Gasteiger charge is 2.40. The van der Waals surface area contributed by atoms with Crippen molar-refractivity contribution in [3.63, 3.8) is 0 Å². The second-order valence-corrected chi connectivity index (χ2v) is 8.64. The smallest absolute Gasteiger partial charge is 0.230 e. The van der Waals surface area contributed by atoms with Crippen molar-refractivity contribution in [2.24, 2.45) is 11.8 Å². The Morgan fingerprint density at radius 1 is 1.19 bits per heavy atom. The van der Waals surface area contributed by atoms with E-state index >= 15 is 0 Å². The minimum absolute atomic E-state index is 0.0296. The van der Waals surface area contributed by atoms with Crippen LogP contribution in [0, 0.1) is 18.8 Å². The first-order valence-corrected chi connectivity index (χ1v) is 9.97. The summed E-state index contributed by atoms with van der Waals surface area (Å²) in [5.74, 6) is 0.989. The molecule has 1 aliphatic carbocycles. The van der Waals surface area contributed by atoms with Crippen molar-refractivity contribution in [2.45, 2.75) is 64.8 Å². The number of carbonyl (C=O) groups is 2. The first-order chi connectivity index (χ1) is 12.3. The standard InChI is InChI=1S/C22H32N2O2/c1-15-8-5-6-11-18(15)22(3,4)21(26)23-14-19-16(2)12-13-24(19)20(25)17-9-7-10-17/h5-6,8,11,16-17,19H,7,9-10,12-14H2,1-4H3,(H,23,26). The highest BCUT2D eigenvalue weighted by Crippen LogP contribution is 2.33. The normalized spacial score (nSPS) is 23.6. The summed E-state index contributed by atoms with van der Waals surface area (Å²) in [6.45, 7) is 9.56. The van der Waals surface area contributed by atoms with E-state index in [1.54, 1.807) is 0 Å². The van der Waals surface area contributed by atoms with Gasteiger partial charge in [-0.3, -0.25) is 9.59 Å². The molecule has 0 spiro atoms. The van der Waals surface area contributed by atoms with Crippen molar-refractivity contribution in [1.29, 1.82) is 0 Å². The van der Waals surface area contributed by atoms with E-state index in [9.17, 15) is 9.59 Å². The quantitative estimate of drug-likeness (QED) is 0.879. The minimum Gasteiger partial charge on any atom is -0.353 e. The van der Waals surface area contributed by atoms with Gasteiger partial charge in [0.2, 0.25) is 11.8 Å². The number of amides is 2. The molecule has 26 heavy (non-hydrogen) atoms. The lowest BCUT2D eigenvalue weighted by atomic mass is 9.81. The largest absolute Gasteiger partial charge is 0.353 e. The molecule has 1 aromatic rings. The molecule has 2 atom stereocenters. The first-order valence-electron chi connectivity index (χ1n) is 9.97. The molecule has 2 aliphatic rings. The summed E-state index contributed by atoms with van der Waals surface area (Å²) in [5, 5.41) is 3.15. The van der Waals surface area contributed by atoms with Crippen LogP contribution in [0.15, 0.2) is 24.3 Å². The molecule has 4 nitrogen and oxygen atoms in total. The van der Waals surface area contributed by atoms with Crippen LogP contribution in [-0.2, 0) is 15.0 Å². The molecule has 2 fully saturated rings. The Balaban J connectivity index is 1.65. The lowest BCUT2D eigenvalue weighted by Gasteiger charge is -2.34. The van der Waals surface area contributed by atoms with Crippen LogP contribution in [-0.4, -0.2) is 35.8 Å². The summed E-state index contributed by atoms with van der Waals surface area (Å²) in [4.78, 5) is 27.7. The van der Waals surface area contributed by atoms with Crippen molar-refractivity contribution >= 4 is 11.8 Å². The fourth-order valence-corrected chi connectivity index (χ4v) is 4.30. The van der Waals surface area contributed by atoms with Crippen molar-refractivity contribution in [2.75, 3.05) is 13.1 Å². The van der Waals surface area contributed by atoms with Gasteiger partial charge in [0.25, 0.3) is 0 Å². The summed E-state index contributed by atoms with van der Waals surface area (Å²) in [7, 11) is 0. The monoisotopic (exact) mass is 356 g/mol. The SMILES string of the molecule is Cc1ccccc1C(C)(C)C(=O)NCC1C(C)CCN1C(=O)C1CCC1. The third kappa shape index (κ3) is 3.51. The maximum Gasteiger partial charge on any atom is 0.230 e. The first kappa shape index (κ1) is 18.9. The van der Waals surface area contributed by atoms with Gasteiger partial charge in [-0.1, -0.05) is 37.6 Å². The van der Waals surface area contributed by atoms with Gasteiger partial charge in [0.05, 0.1) is 11.5 Å². The zero-order valence-corrected chi connectivity index (χ0v) is 16.5. The highest BCUT2D eigenvalue weighted by molar-refractivity contribution is 5.88. The maximum atomic E-state index is 12.9. The molecule has 142 valence electrons. The van der Waals surface area contributed by atoms with Crippen LogP contribution in [0.5, 0.6) is 0 Å². The highest BCUT2D eigenvalue weighted by atomic mass is 16.2. The zero-order chi connectivity index (χ0) is 18.9. The molecule has 1 saturated carbocycles. The van der Waals surface area contributed by atoms with Crippen molar-refractivity contribution in [3.05, 3.63) is 35.4 Å². The van der Waals surface area contributed by atoms with E-state index < -0.39 is 5.41 Å². The summed E-state index contributed by atoms with van der Waals surface area (Å²) in [6.07, 6.45) is 4.26. The Morgan fingerprint density at radius 3 is 2.50 bits per heavy atom. The van der Waals surface area contributed by atoms with Crippen LogP contribution in [0.4, 0.5) is 0 Å². The molecule has 1 aliphatic heterocycles. The van der Waals surface area contributed by atoms with Gasteiger partial charge in [-0.15, -0.1) is 0 Å². The average molecular weight is 357 g/mol. The Kier molecular flexibility index (Phi) is 5.40. The summed E-state index contributed by atoms with van der Waals surface area (Å²) >= 11 is 0. The van der Waals surface area contributed by atoms with Crippen LogP contribution in [0.25, 0.3) is 0 Å². The third-order valence-corrected chi connectivity index (χ3v) is 6.48. The Morgan fingerprint density at radius 2 is 1.88 bits per heavy atom. The zero-order valence-electron chi connectivity index (χ0n) is 16.5. The van der Waals surface area contributed by atoms with Gasteiger partial charge in [0.15, 0.2) is 0 Å². The van der Waals surface area contributed by atoms with E-state index in [1.807, 2.05) is 49.9 Å². The molecule has 0 radical (unpaired) electrons. The second-order valence-electron chi connectivity index (χ2n) is 8.64. The van der Waals surface area contributed by atoms with Crippen LogP contribution in [0.2, 0.25) is 0 Å². The molecule has 1 aromatic carbocycles. The van der Waals surface area contributed by atoms with Crippen molar-refractivity contribution in [1.82, 2.24) is 10.2 Å². The van der Waals surface area contributed by atoms with E-state index in [-0.39, 0.29) is 17.9 Å². The molecule has 2 unspecified atom stereocenters. The van der Waals surface area contributed by atoms with Crippen molar-refractivity contribution in [3.8, 4) is 0 Å². The van der Waals surface area contributed by atoms with Gasteiger partial charge in [0.1, 0.15) is 0 Å². The molecule has 2 amide bonds. The number of hydrogen-bond donors (Lipinski definition) is 1. The van der Waals surface area contributed by atoms with Crippen LogP contribution in [0.3, 0.4) is 0 Å². The lowest BCUT2D eigenvalue weighted by molar-refractivity contribution is -0.139. The lowest BCUT2D eigenvalue weighted by Crippen LogP contribution is -2.50. The minimum atomic E-state index is -0.587. The van der Waals surface area contributed by atoms with Gasteiger partial charge < -0.3 is 10.2 Å². The predicted octanol–water partition coefficient (Wildman–Crippen LogP) is 3.43. The third-order valence-electron chi connectivity index (χ3n) is 6.48. The van der Waals surface area contributed by atoms with E-state index in [1.165, 1.54) is 6.42 Å². The molecule has 1 saturated heterocycles. The predicted molar refractivity (Wildman–Crippen MR) is 104 cm³/mol. The summed E-state index contributed by atoms with van der Waals surface area (Å²) in [6, 6.07) is 8.17. The van der Waals surface area contributed by atoms with Crippen LogP contribution >= 0.6 is 0 Å². The second kappa shape index (κ2) is 7.42. The number of rotatable bonds is 5. The molecule has 0 aromatic heterocycles. The number of aryl methyl sites for hydroxylation is 1. The van der Waals surface area contributed by atoms with E-state index in [0.717, 1.165) is 36.9 Å². The molecule has 1 N–H and O–H groups in total. The topological polar surface area (TPSA) is 49.4 Å². The van der Waals surface area contributed by atoms with Gasteiger partial charge in [-0.05, 0) is 57.1 Å². The van der Waals surface area contributed by atoms with E-state index in [4.69, 9.17) is 0 Å². The number of hydrogen-bond acceptors (Lipinski definition) is 2. The molecule has 1 heterocycles. The molecule has 0 bridgehead atoms. The fraction of sp³-hybridized carbons (Fsp3) is 0.636. The van der Waals surface area contributed by atoms with E-state index in [2.05, 4.69) is 12.2 Å². The van der Waals surface area contributed by atoms with Gasteiger partial charge in [0, 0.05) is 19.0 Å². The van der Waals surface area contributed by atoms with Crippen LogP contribution in [0.1, 0.15) is 57.6 Å². The Hall–Kier alpha value is -1.84. The van der Waals surface area contributed by atoms with Gasteiger partial charge >= 0.3 is 0 Å². The number of nitrogens with one attached hydrogen (secondary N) is 1. The van der Waals surface area contributed by atoms with Gasteiger partial charge in [-0.25, -0.2) is 0 Å².